The molecule has 4 aromatic rings. The molecule has 10 heteroatoms. The summed E-state index contributed by atoms with van der Waals surface area (Å²) in [5.74, 6) is 7.30. The number of benzene rings is 2. The van der Waals surface area contributed by atoms with Crippen molar-refractivity contribution < 1.29 is 19.1 Å². The van der Waals surface area contributed by atoms with Gasteiger partial charge in [-0.3, -0.25) is 14.9 Å². The molecule has 10 nitrogen and oxygen atoms in total. The highest BCUT2D eigenvalue weighted by Crippen LogP contribution is 2.40. The summed E-state index contributed by atoms with van der Waals surface area (Å²) in [4.78, 5) is 37.5. The van der Waals surface area contributed by atoms with Gasteiger partial charge in [-0.15, -0.1) is 0 Å². The minimum atomic E-state index is -0.554. The van der Waals surface area contributed by atoms with Gasteiger partial charge in [-0.2, -0.15) is 5.10 Å². The van der Waals surface area contributed by atoms with Gasteiger partial charge in [0.05, 0.1) is 34.0 Å². The van der Waals surface area contributed by atoms with Crippen molar-refractivity contribution in [2.75, 3.05) is 13.1 Å². The van der Waals surface area contributed by atoms with Gasteiger partial charge in [0.1, 0.15) is 17.0 Å². The van der Waals surface area contributed by atoms with E-state index in [1.165, 1.54) is 0 Å². The Morgan fingerprint density at radius 2 is 1.57 bits per heavy atom. The number of amides is 2. The Bertz CT molecular complexity index is 1850. The molecule has 4 heterocycles. The third kappa shape index (κ3) is 6.99. The van der Waals surface area contributed by atoms with Crippen LogP contribution in [0.4, 0.5) is 9.59 Å². The Morgan fingerprint density at radius 3 is 2.30 bits per heavy atom. The van der Waals surface area contributed by atoms with Crippen LogP contribution in [-0.4, -0.2) is 66.4 Å². The van der Waals surface area contributed by atoms with Crippen LogP contribution in [0.1, 0.15) is 103 Å². The number of rotatable bonds is 3. The minimum absolute atomic E-state index is 0.138. The SMILES string of the molecule is CC(C)(C)OC(=O)N1CCC[C@H]1c1nc2ccc(C#Cc3ccc(-c4cc([C@@]5(C)CCCN5C(=O)OC(C)(C)C)[nH]n4)cc3)cc2[nH]1. The van der Waals surface area contributed by atoms with Gasteiger partial charge in [0.15, 0.2) is 0 Å². The fourth-order valence-electron chi connectivity index (χ4n) is 6.32. The highest BCUT2D eigenvalue weighted by molar-refractivity contribution is 5.77. The summed E-state index contributed by atoms with van der Waals surface area (Å²) < 4.78 is 11.3. The first-order valence-electron chi connectivity index (χ1n) is 16.4. The average Bonchev–Trinajstić information content (AvgIpc) is 3.79. The zero-order valence-electron chi connectivity index (χ0n) is 28.4. The van der Waals surface area contributed by atoms with Gasteiger partial charge in [-0.1, -0.05) is 24.0 Å². The van der Waals surface area contributed by atoms with Crippen LogP contribution in [0.15, 0.2) is 48.5 Å². The van der Waals surface area contributed by atoms with E-state index in [4.69, 9.17) is 14.5 Å². The number of aromatic amines is 2. The fourth-order valence-corrected chi connectivity index (χ4v) is 6.32. The van der Waals surface area contributed by atoms with Crippen LogP contribution in [0.5, 0.6) is 0 Å². The molecule has 246 valence electrons. The van der Waals surface area contributed by atoms with E-state index in [1.807, 2.05) is 95.0 Å². The fraction of sp³-hybridized carbons (Fsp3) is 0.459. The van der Waals surface area contributed by atoms with E-state index >= 15 is 0 Å². The summed E-state index contributed by atoms with van der Waals surface area (Å²) in [5.41, 5.74) is 4.52. The van der Waals surface area contributed by atoms with Crippen molar-refractivity contribution in [1.29, 1.82) is 0 Å². The summed E-state index contributed by atoms with van der Waals surface area (Å²) in [6.07, 6.45) is 2.87. The van der Waals surface area contributed by atoms with Crippen molar-refractivity contribution in [3.63, 3.8) is 0 Å². The van der Waals surface area contributed by atoms with Crippen molar-refractivity contribution in [2.45, 2.75) is 96.9 Å². The molecule has 2 aliphatic heterocycles. The quantitative estimate of drug-likeness (QED) is 0.223. The van der Waals surface area contributed by atoms with Gasteiger partial charge in [0, 0.05) is 29.8 Å². The molecule has 2 N–H and O–H groups in total. The van der Waals surface area contributed by atoms with E-state index < -0.39 is 16.7 Å². The van der Waals surface area contributed by atoms with Gasteiger partial charge in [-0.05, 0) is 111 Å². The number of nitrogens with one attached hydrogen (secondary N) is 2. The lowest BCUT2D eigenvalue weighted by molar-refractivity contribution is 0.00917. The smallest absolute Gasteiger partial charge is 0.411 e. The summed E-state index contributed by atoms with van der Waals surface area (Å²) in [6.45, 7) is 14.6. The highest BCUT2D eigenvalue weighted by Gasteiger charge is 2.44. The van der Waals surface area contributed by atoms with Crippen LogP contribution in [0.3, 0.4) is 0 Å². The molecule has 2 saturated heterocycles. The van der Waals surface area contributed by atoms with Crippen molar-refractivity contribution >= 4 is 23.2 Å². The summed E-state index contributed by atoms with van der Waals surface area (Å²) in [6, 6.07) is 15.8. The Hall–Kier alpha value is -4.78. The molecule has 0 bridgehead atoms. The van der Waals surface area contributed by atoms with E-state index in [1.54, 1.807) is 4.90 Å². The Labute approximate surface area is 276 Å². The lowest BCUT2D eigenvalue weighted by Crippen LogP contribution is -2.45. The maximum Gasteiger partial charge on any atom is 0.411 e. The molecular weight excluding hydrogens is 592 g/mol. The molecule has 6 rings (SSSR count). The number of hydrogen-bond acceptors (Lipinski definition) is 6. The lowest BCUT2D eigenvalue weighted by Gasteiger charge is -2.35. The number of fused-ring (bicyclic) bond motifs is 1. The van der Waals surface area contributed by atoms with Crippen molar-refractivity contribution in [1.82, 2.24) is 30.0 Å². The standard InChI is InChI=1S/C37H44N6O4/c1-35(2,3)46-33(44)42-20-8-10-30(42)32-38-27-18-15-25(22-29(27)39-32)12-11-24-13-16-26(17-14-24)28-23-31(41-40-28)37(7)19-9-21-43(37)34(45)47-36(4,5)6/h13-18,22-23,30H,8-10,19-21H2,1-7H3,(H,38,39)(H,40,41)/t30-,37+/m0/s1. The molecule has 2 aromatic carbocycles. The monoisotopic (exact) mass is 636 g/mol. The Morgan fingerprint density at radius 1 is 0.894 bits per heavy atom. The second-order valence-electron chi connectivity index (χ2n) is 14.7. The van der Waals surface area contributed by atoms with Crippen LogP contribution in [0.2, 0.25) is 0 Å². The molecule has 2 atom stereocenters. The first-order chi connectivity index (χ1) is 22.2. The average molecular weight is 637 g/mol. The van der Waals surface area contributed by atoms with Crippen LogP contribution in [0, 0.1) is 11.8 Å². The number of nitrogens with zero attached hydrogens (tertiary/aromatic N) is 4. The summed E-state index contributed by atoms with van der Waals surface area (Å²) in [7, 11) is 0. The molecule has 0 saturated carbocycles. The third-order valence-corrected chi connectivity index (χ3v) is 8.64. The first kappa shape index (κ1) is 32.2. The molecular formula is C37H44N6O4. The van der Waals surface area contributed by atoms with Crippen LogP contribution in [0.25, 0.3) is 22.3 Å². The number of imidazole rings is 1. The molecule has 2 fully saturated rings. The maximum absolute atomic E-state index is 13.0. The van der Waals surface area contributed by atoms with Crippen molar-refractivity contribution in [3.8, 4) is 23.1 Å². The number of aromatic nitrogens is 4. The van der Waals surface area contributed by atoms with E-state index in [0.29, 0.717) is 13.1 Å². The second kappa shape index (κ2) is 12.1. The largest absolute Gasteiger partial charge is 0.444 e. The number of carbonyl (C=O) groups excluding carboxylic acids is 2. The van der Waals surface area contributed by atoms with E-state index in [-0.39, 0.29) is 18.2 Å². The minimum Gasteiger partial charge on any atom is -0.444 e. The highest BCUT2D eigenvalue weighted by atomic mass is 16.6. The topological polar surface area (TPSA) is 116 Å². The second-order valence-corrected chi connectivity index (χ2v) is 14.7. The van der Waals surface area contributed by atoms with Gasteiger partial charge >= 0.3 is 12.2 Å². The van der Waals surface area contributed by atoms with E-state index in [9.17, 15) is 9.59 Å². The zero-order valence-corrected chi connectivity index (χ0v) is 28.4. The molecule has 0 aliphatic carbocycles. The van der Waals surface area contributed by atoms with Crippen molar-refractivity contribution in [3.05, 3.63) is 71.2 Å². The van der Waals surface area contributed by atoms with Crippen molar-refractivity contribution in [2.24, 2.45) is 0 Å². The molecule has 0 radical (unpaired) electrons. The predicted octanol–water partition coefficient (Wildman–Crippen LogP) is 7.67. The number of likely N-dealkylation sites (tertiary alicyclic amines) is 2. The lowest BCUT2D eigenvalue weighted by atomic mass is 9.94. The van der Waals surface area contributed by atoms with Gasteiger partial charge in [-0.25, -0.2) is 14.6 Å². The van der Waals surface area contributed by atoms with Gasteiger partial charge in [0.2, 0.25) is 0 Å². The van der Waals surface area contributed by atoms with Gasteiger partial charge in [0.25, 0.3) is 0 Å². The van der Waals surface area contributed by atoms with E-state index in [0.717, 1.165) is 70.6 Å². The Kier molecular flexibility index (Phi) is 8.29. The van der Waals surface area contributed by atoms with Crippen LogP contribution < -0.4 is 0 Å². The van der Waals surface area contributed by atoms with Gasteiger partial charge < -0.3 is 14.5 Å². The molecule has 47 heavy (non-hydrogen) atoms. The number of hydrogen-bond donors (Lipinski definition) is 2. The summed E-state index contributed by atoms with van der Waals surface area (Å²) in [5, 5.41) is 7.76. The summed E-state index contributed by atoms with van der Waals surface area (Å²) >= 11 is 0. The third-order valence-electron chi connectivity index (χ3n) is 8.64. The predicted molar refractivity (Wildman–Crippen MR) is 181 cm³/mol. The molecule has 0 spiro atoms. The zero-order chi connectivity index (χ0) is 33.6. The molecule has 2 aliphatic rings. The normalized spacial score (nSPS) is 19.9. The van der Waals surface area contributed by atoms with E-state index in [2.05, 4.69) is 33.9 Å². The number of H-pyrrole nitrogens is 2. The molecule has 2 aromatic heterocycles. The molecule has 2 amide bonds. The number of ether oxygens (including phenoxy) is 2. The maximum atomic E-state index is 13.0. The molecule has 0 unspecified atom stereocenters. The van der Waals surface area contributed by atoms with Crippen LogP contribution in [-0.2, 0) is 15.0 Å². The number of carbonyl (C=O) groups is 2. The first-order valence-corrected chi connectivity index (χ1v) is 16.4. The van der Waals surface area contributed by atoms with Crippen LogP contribution >= 0.6 is 0 Å². The Balaban J connectivity index is 1.14.